The number of pyridine rings is 1. The molecule has 1 aromatic heterocycles. The summed E-state index contributed by atoms with van der Waals surface area (Å²) in [5.41, 5.74) is 1.31. The fourth-order valence-corrected chi connectivity index (χ4v) is 0.922. The molecule has 0 saturated carbocycles. The van der Waals surface area contributed by atoms with Gasteiger partial charge in [0.15, 0.2) is 26.9 Å². The number of hydrogen-bond acceptors (Lipinski definition) is 1. The molecule has 0 saturated heterocycles. The quantitative estimate of drug-likeness (QED) is 0.449. The Kier molecular flexibility index (Phi) is 3.11. The molecule has 11 heavy (non-hydrogen) atoms. The molecular weight excluding hydrogens is 135 g/mol. The molecule has 0 aliphatic rings. The van der Waals surface area contributed by atoms with Crippen molar-refractivity contribution in [1.29, 1.82) is 0 Å². The molecule has 1 aromatic rings. The first-order valence-corrected chi connectivity index (χ1v) is 3.93. The summed E-state index contributed by atoms with van der Waals surface area (Å²) in [6.45, 7) is 4.16. The molecule has 0 aliphatic carbocycles. The maximum atomic E-state index is 3.11. The second kappa shape index (κ2) is 4.14. The third kappa shape index (κ3) is 2.72. The van der Waals surface area contributed by atoms with Crippen molar-refractivity contribution < 1.29 is 4.57 Å². The van der Waals surface area contributed by atoms with Gasteiger partial charge < -0.3 is 5.23 Å². The lowest BCUT2D eigenvalue weighted by molar-refractivity contribution is -0.694. The number of nitrogens with one attached hydrogen (secondary N) is 1. The molecule has 0 bridgehead atoms. The van der Waals surface area contributed by atoms with Gasteiger partial charge in [0.1, 0.15) is 0 Å². The van der Waals surface area contributed by atoms with Crippen LogP contribution in [0.3, 0.4) is 0 Å². The van der Waals surface area contributed by atoms with Crippen LogP contribution in [0.25, 0.3) is 0 Å². The van der Waals surface area contributed by atoms with Gasteiger partial charge in [-0.25, -0.2) is 4.57 Å². The lowest BCUT2D eigenvalue weighted by Crippen LogP contribution is -2.37. The Balaban J connectivity index is 2.52. The summed E-state index contributed by atoms with van der Waals surface area (Å²) in [6.07, 6.45) is 4.21. The zero-order valence-electron chi connectivity index (χ0n) is 7.17. The van der Waals surface area contributed by atoms with Gasteiger partial charge in [-0.1, -0.05) is 0 Å². The van der Waals surface area contributed by atoms with E-state index in [0.29, 0.717) is 0 Å². The van der Waals surface area contributed by atoms with Crippen molar-refractivity contribution in [1.82, 2.24) is 5.23 Å². The van der Waals surface area contributed by atoms with Crippen LogP contribution in [0.2, 0.25) is 0 Å². The highest BCUT2D eigenvalue weighted by Gasteiger charge is 1.95. The lowest BCUT2D eigenvalue weighted by Gasteiger charge is -1.95. The Bertz CT molecular complexity index is 208. The van der Waals surface area contributed by atoms with Crippen molar-refractivity contribution in [2.24, 2.45) is 0 Å². The Morgan fingerprint density at radius 1 is 1.45 bits per heavy atom. The summed E-state index contributed by atoms with van der Waals surface area (Å²) in [5.74, 6) is 0. The van der Waals surface area contributed by atoms with Gasteiger partial charge in [0, 0.05) is 18.7 Å². The Hall–Kier alpha value is -0.825. The molecule has 1 rings (SSSR count). The summed E-state index contributed by atoms with van der Waals surface area (Å²) in [7, 11) is 1.97. The number of aryl methyl sites for hydroxylation is 1. The smallest absolute Gasteiger partial charge is 0.182 e. The zero-order valence-corrected chi connectivity index (χ0v) is 7.17. The fraction of sp³-hybridized carbons (Fsp3) is 0.375. The predicted molar refractivity (Wildman–Crippen MR) is 47.9 cm³/mol. The van der Waals surface area contributed by atoms with E-state index in [1.807, 2.05) is 7.98 Å². The van der Waals surface area contributed by atoms with E-state index in [1.54, 1.807) is 0 Å². The van der Waals surface area contributed by atoms with Gasteiger partial charge in [-0.15, -0.1) is 0 Å². The molecule has 0 atom stereocenters. The van der Waals surface area contributed by atoms with Gasteiger partial charge in [0.05, 0.1) is 0 Å². The van der Waals surface area contributed by atoms with Gasteiger partial charge in [0.2, 0.25) is 0 Å². The van der Waals surface area contributed by atoms with Gasteiger partial charge in [-0.3, -0.25) is 0 Å². The summed E-state index contributed by atoms with van der Waals surface area (Å²) >= 11 is 0. The van der Waals surface area contributed by atoms with Crippen LogP contribution in [0.5, 0.6) is 0 Å². The fourth-order valence-electron chi connectivity index (χ4n) is 0.922. The van der Waals surface area contributed by atoms with Crippen LogP contribution in [-0.4, -0.2) is 14.5 Å². The molecule has 2 nitrogen and oxygen atoms in total. The van der Waals surface area contributed by atoms with E-state index < -0.39 is 0 Å². The number of aromatic nitrogens is 1. The summed E-state index contributed by atoms with van der Waals surface area (Å²) in [6, 6.07) is 4.24. The first kappa shape index (κ1) is 8.27. The molecule has 0 radical (unpaired) electrons. The molecule has 1 heterocycles. The van der Waals surface area contributed by atoms with Crippen LogP contribution < -0.4 is 9.79 Å². The third-order valence-electron chi connectivity index (χ3n) is 1.68. The summed E-state index contributed by atoms with van der Waals surface area (Å²) in [4.78, 5) is 0. The third-order valence-corrected chi connectivity index (χ3v) is 1.68. The highest BCUT2D eigenvalue weighted by Crippen LogP contribution is 1.88. The van der Waals surface area contributed by atoms with Crippen molar-refractivity contribution in [2.75, 3.05) is 6.54 Å². The lowest BCUT2D eigenvalue weighted by atomic mass is 10.3. The maximum absolute atomic E-state index is 3.11. The average Bonchev–Trinajstić information content (AvgIpc) is 2.04. The van der Waals surface area contributed by atoms with Crippen LogP contribution in [0.15, 0.2) is 24.5 Å². The van der Waals surface area contributed by atoms with Gasteiger partial charge >= 0.3 is 0 Å². The molecule has 3 heteroatoms. The normalized spacial score (nSPS) is 9.91. The average molecular weight is 149 g/mol. The van der Waals surface area contributed by atoms with Gasteiger partial charge in [0.25, 0.3) is 0 Å². The van der Waals surface area contributed by atoms with Crippen molar-refractivity contribution >= 4 is 7.98 Å². The van der Waals surface area contributed by atoms with E-state index >= 15 is 0 Å². The Morgan fingerprint density at radius 3 is 2.64 bits per heavy atom. The largest absolute Gasteiger partial charge is 0.357 e. The molecule has 58 valence electrons. The molecule has 1 N–H and O–H groups in total. The molecular formula is C8H14BN2+. The first-order valence-electron chi connectivity index (χ1n) is 3.93. The SMILES string of the molecule is BNCC[n+]1ccc(C)cc1. The van der Waals surface area contributed by atoms with Gasteiger partial charge in [-0.05, 0) is 12.5 Å². The van der Waals surface area contributed by atoms with E-state index in [9.17, 15) is 0 Å². The van der Waals surface area contributed by atoms with Crippen LogP contribution in [0.4, 0.5) is 0 Å². The van der Waals surface area contributed by atoms with Crippen molar-refractivity contribution in [3.63, 3.8) is 0 Å². The Morgan fingerprint density at radius 2 is 2.09 bits per heavy atom. The minimum Gasteiger partial charge on any atom is -0.357 e. The van der Waals surface area contributed by atoms with Crippen LogP contribution >= 0.6 is 0 Å². The van der Waals surface area contributed by atoms with E-state index in [4.69, 9.17) is 0 Å². The maximum Gasteiger partial charge on any atom is 0.182 e. The van der Waals surface area contributed by atoms with E-state index in [1.165, 1.54) is 5.56 Å². The van der Waals surface area contributed by atoms with Crippen LogP contribution in [0.1, 0.15) is 5.56 Å². The monoisotopic (exact) mass is 149 g/mol. The minimum absolute atomic E-state index is 1.02. The second-order valence-electron chi connectivity index (χ2n) is 2.72. The molecule has 0 aromatic carbocycles. The van der Waals surface area contributed by atoms with Crippen LogP contribution in [-0.2, 0) is 6.54 Å². The molecule has 0 aliphatic heterocycles. The summed E-state index contributed by atoms with van der Waals surface area (Å²) < 4.78 is 2.17. The summed E-state index contributed by atoms with van der Waals surface area (Å²) in [5, 5.41) is 3.11. The van der Waals surface area contributed by atoms with Crippen molar-refractivity contribution in [3.05, 3.63) is 30.1 Å². The number of nitrogens with zero attached hydrogens (tertiary/aromatic N) is 1. The van der Waals surface area contributed by atoms with E-state index in [-0.39, 0.29) is 0 Å². The second-order valence-corrected chi connectivity index (χ2v) is 2.72. The molecule has 0 amide bonds. The standard InChI is InChI=1S/C8H14BN2/c1-8-2-5-11(6-3-8)7-4-10-9/h2-3,5-6,10H,4,7,9H2,1H3/q+1. The van der Waals surface area contributed by atoms with Crippen LogP contribution in [0, 0.1) is 6.92 Å². The highest BCUT2D eigenvalue weighted by atomic mass is 15.0. The Labute approximate surface area is 68.7 Å². The zero-order chi connectivity index (χ0) is 8.10. The van der Waals surface area contributed by atoms with Crippen molar-refractivity contribution in [3.8, 4) is 0 Å². The van der Waals surface area contributed by atoms with Crippen molar-refractivity contribution in [2.45, 2.75) is 13.5 Å². The first-order chi connectivity index (χ1) is 5.33. The van der Waals surface area contributed by atoms with E-state index in [2.05, 4.69) is 41.2 Å². The molecule has 0 fully saturated rings. The molecule has 0 spiro atoms. The number of rotatable bonds is 3. The topological polar surface area (TPSA) is 15.9 Å². The predicted octanol–water partition coefficient (Wildman–Crippen LogP) is -0.580. The van der Waals surface area contributed by atoms with Gasteiger partial charge in [-0.2, -0.15) is 0 Å². The number of hydrogen-bond donors (Lipinski definition) is 1. The van der Waals surface area contributed by atoms with E-state index in [0.717, 1.165) is 13.1 Å². The minimum atomic E-state index is 1.02. The highest BCUT2D eigenvalue weighted by molar-refractivity contribution is 6.04. The molecule has 0 unspecified atom stereocenters.